The molecule has 0 saturated carbocycles. The number of hydrogen-bond acceptors (Lipinski definition) is 3. The van der Waals surface area contributed by atoms with Crippen LogP contribution >= 0.6 is 11.6 Å². The number of anilines is 1. The van der Waals surface area contributed by atoms with E-state index in [2.05, 4.69) is 15.3 Å². The zero-order chi connectivity index (χ0) is 12.0. The van der Waals surface area contributed by atoms with Crippen LogP contribution in [0.25, 0.3) is 0 Å². The van der Waals surface area contributed by atoms with Crippen molar-refractivity contribution in [3.8, 4) is 0 Å². The van der Waals surface area contributed by atoms with Crippen molar-refractivity contribution in [2.75, 3.05) is 11.9 Å². The van der Waals surface area contributed by atoms with Gasteiger partial charge >= 0.3 is 6.18 Å². The van der Waals surface area contributed by atoms with Gasteiger partial charge in [-0.05, 0) is 12.8 Å². The molecule has 1 rings (SSSR count). The molecular formula is C9H11ClF3N3. The zero-order valence-electron chi connectivity index (χ0n) is 8.39. The molecular weight excluding hydrogens is 243 g/mol. The van der Waals surface area contributed by atoms with Crippen molar-refractivity contribution in [2.24, 2.45) is 0 Å². The predicted octanol–water partition coefficient (Wildman–Crippen LogP) is 3.27. The quantitative estimate of drug-likeness (QED) is 0.819. The molecule has 0 unspecified atom stereocenters. The lowest BCUT2D eigenvalue weighted by Crippen LogP contribution is -2.09. The first-order valence-electron chi connectivity index (χ1n) is 4.76. The van der Waals surface area contributed by atoms with Crippen molar-refractivity contribution in [3.63, 3.8) is 0 Å². The molecule has 3 nitrogen and oxygen atoms in total. The van der Waals surface area contributed by atoms with E-state index in [1.54, 1.807) is 0 Å². The molecule has 16 heavy (non-hydrogen) atoms. The fourth-order valence-corrected chi connectivity index (χ4v) is 1.27. The Kier molecular flexibility index (Phi) is 4.79. The molecule has 0 aromatic carbocycles. The lowest BCUT2D eigenvalue weighted by atomic mass is 10.2. The smallest absolute Gasteiger partial charge is 0.368 e. The fraction of sp³-hybridized carbons (Fsp3) is 0.556. The maximum atomic E-state index is 11.8. The van der Waals surface area contributed by atoms with E-state index < -0.39 is 12.6 Å². The van der Waals surface area contributed by atoms with Crippen molar-refractivity contribution in [2.45, 2.75) is 25.4 Å². The van der Waals surface area contributed by atoms with Gasteiger partial charge in [0.2, 0.25) is 0 Å². The van der Waals surface area contributed by atoms with Crippen molar-refractivity contribution in [1.82, 2.24) is 9.97 Å². The van der Waals surface area contributed by atoms with Crippen molar-refractivity contribution >= 4 is 17.4 Å². The summed E-state index contributed by atoms with van der Waals surface area (Å²) >= 11 is 5.69. The number of nitrogens with one attached hydrogen (secondary N) is 1. The van der Waals surface area contributed by atoms with Crippen LogP contribution < -0.4 is 5.32 Å². The van der Waals surface area contributed by atoms with Crippen LogP contribution in [0, 0.1) is 0 Å². The minimum Gasteiger partial charge on any atom is -0.368 e. The van der Waals surface area contributed by atoms with Gasteiger partial charge in [0, 0.05) is 25.4 Å². The second-order valence-corrected chi connectivity index (χ2v) is 3.55. The first-order chi connectivity index (χ1) is 7.49. The van der Waals surface area contributed by atoms with Crippen molar-refractivity contribution in [3.05, 3.63) is 17.5 Å². The number of unbranched alkanes of at least 4 members (excludes halogenated alkanes) is 1. The molecule has 0 amide bonds. The van der Waals surface area contributed by atoms with Gasteiger partial charge in [-0.15, -0.1) is 0 Å². The molecule has 0 aliphatic heterocycles. The summed E-state index contributed by atoms with van der Waals surface area (Å²) in [6.45, 7) is 0.397. The molecule has 0 aliphatic carbocycles. The highest BCUT2D eigenvalue weighted by molar-refractivity contribution is 6.31. The number of halogens is 4. The standard InChI is InChI=1S/C9H11ClF3N3/c10-7-8(16-6-5-14-7)15-4-2-1-3-9(11,12)13/h5-6H,1-4H2,(H,15,16). The second-order valence-electron chi connectivity index (χ2n) is 3.19. The van der Waals surface area contributed by atoms with Crippen LogP contribution in [-0.2, 0) is 0 Å². The molecule has 0 atom stereocenters. The van der Waals surface area contributed by atoms with Crippen molar-refractivity contribution in [1.29, 1.82) is 0 Å². The Labute approximate surface area is 96.0 Å². The van der Waals surface area contributed by atoms with E-state index in [-0.39, 0.29) is 11.6 Å². The minimum atomic E-state index is -4.08. The highest BCUT2D eigenvalue weighted by Gasteiger charge is 2.25. The Balaban J connectivity index is 2.19. The second kappa shape index (κ2) is 5.89. The van der Waals surface area contributed by atoms with E-state index in [1.165, 1.54) is 12.4 Å². The van der Waals surface area contributed by atoms with E-state index in [9.17, 15) is 13.2 Å². The van der Waals surface area contributed by atoms with Gasteiger partial charge in [0.05, 0.1) is 0 Å². The molecule has 90 valence electrons. The fourth-order valence-electron chi connectivity index (χ4n) is 1.10. The Morgan fingerprint density at radius 1 is 1.19 bits per heavy atom. The number of rotatable bonds is 5. The molecule has 0 fully saturated rings. The molecule has 0 spiro atoms. The first kappa shape index (κ1) is 13.0. The average molecular weight is 254 g/mol. The summed E-state index contributed by atoms with van der Waals surface area (Å²) in [5, 5.41) is 3.05. The monoisotopic (exact) mass is 253 g/mol. The van der Waals surface area contributed by atoms with Crippen molar-refractivity contribution < 1.29 is 13.2 Å². The van der Waals surface area contributed by atoms with Crippen LogP contribution in [0.4, 0.5) is 19.0 Å². The summed E-state index contributed by atoms with van der Waals surface area (Å²) in [6, 6.07) is 0. The summed E-state index contributed by atoms with van der Waals surface area (Å²) < 4.78 is 35.4. The molecule has 7 heteroatoms. The SMILES string of the molecule is FC(F)(F)CCCCNc1nccnc1Cl. The third kappa shape index (κ3) is 5.16. The normalized spacial score (nSPS) is 11.5. The largest absolute Gasteiger partial charge is 0.389 e. The highest BCUT2D eigenvalue weighted by atomic mass is 35.5. The first-order valence-corrected chi connectivity index (χ1v) is 5.14. The molecule has 0 radical (unpaired) electrons. The van der Waals surface area contributed by atoms with Gasteiger partial charge in [0.25, 0.3) is 0 Å². The number of nitrogens with zero attached hydrogens (tertiary/aromatic N) is 2. The van der Waals surface area contributed by atoms with Crippen LogP contribution in [0.5, 0.6) is 0 Å². The van der Waals surface area contributed by atoms with Gasteiger partial charge < -0.3 is 5.32 Å². The molecule has 1 aromatic heterocycles. The van der Waals surface area contributed by atoms with Crippen LogP contribution in [0.2, 0.25) is 5.15 Å². The maximum Gasteiger partial charge on any atom is 0.389 e. The molecule has 1 heterocycles. The molecule has 0 aliphatic rings. The van der Waals surface area contributed by atoms with Crippen LogP contribution in [0.3, 0.4) is 0 Å². The van der Waals surface area contributed by atoms with E-state index >= 15 is 0 Å². The van der Waals surface area contributed by atoms with E-state index in [4.69, 9.17) is 11.6 Å². The molecule has 1 N–H and O–H groups in total. The minimum absolute atomic E-state index is 0.0916. The van der Waals surface area contributed by atoms with Gasteiger partial charge in [-0.3, -0.25) is 0 Å². The predicted molar refractivity (Wildman–Crippen MR) is 55.4 cm³/mol. The Morgan fingerprint density at radius 3 is 2.50 bits per heavy atom. The van der Waals surface area contributed by atoms with Crippen LogP contribution in [-0.4, -0.2) is 22.7 Å². The summed E-state index contributed by atoms with van der Waals surface area (Å²) in [7, 11) is 0. The summed E-state index contributed by atoms with van der Waals surface area (Å²) in [5.74, 6) is 0.399. The zero-order valence-corrected chi connectivity index (χ0v) is 9.15. The summed E-state index contributed by atoms with van der Waals surface area (Å²) in [6.07, 6.45) is -1.44. The Bertz CT molecular complexity index is 330. The topological polar surface area (TPSA) is 37.8 Å². The molecule has 0 bridgehead atoms. The van der Waals surface area contributed by atoms with Gasteiger partial charge in [0.1, 0.15) is 0 Å². The van der Waals surface area contributed by atoms with Gasteiger partial charge in [0.15, 0.2) is 11.0 Å². The lowest BCUT2D eigenvalue weighted by molar-refractivity contribution is -0.135. The average Bonchev–Trinajstić information content (AvgIpc) is 2.18. The third-order valence-corrected chi connectivity index (χ3v) is 2.11. The van der Waals surface area contributed by atoms with E-state index in [0.29, 0.717) is 18.8 Å². The third-order valence-electron chi connectivity index (χ3n) is 1.83. The summed E-state index contributed by atoms with van der Waals surface area (Å²) in [5.41, 5.74) is 0. The number of hydrogen-bond donors (Lipinski definition) is 1. The number of alkyl halides is 3. The van der Waals surface area contributed by atoms with Gasteiger partial charge in [-0.2, -0.15) is 13.2 Å². The lowest BCUT2D eigenvalue weighted by Gasteiger charge is -2.07. The molecule has 0 saturated heterocycles. The van der Waals surface area contributed by atoms with E-state index in [1.807, 2.05) is 0 Å². The van der Waals surface area contributed by atoms with Crippen LogP contribution in [0.15, 0.2) is 12.4 Å². The maximum absolute atomic E-state index is 11.8. The Hall–Kier alpha value is -1.04. The number of aromatic nitrogens is 2. The van der Waals surface area contributed by atoms with Gasteiger partial charge in [-0.25, -0.2) is 9.97 Å². The molecule has 1 aromatic rings. The van der Waals surface area contributed by atoms with Crippen LogP contribution in [0.1, 0.15) is 19.3 Å². The Morgan fingerprint density at radius 2 is 1.88 bits per heavy atom. The van der Waals surface area contributed by atoms with Gasteiger partial charge in [-0.1, -0.05) is 11.6 Å². The van der Waals surface area contributed by atoms with E-state index in [0.717, 1.165) is 0 Å². The summed E-state index contributed by atoms with van der Waals surface area (Å²) in [4.78, 5) is 7.67. The highest BCUT2D eigenvalue weighted by Crippen LogP contribution is 2.22.